The maximum atomic E-state index is 12.4. The number of carbonyl (C=O) groups is 1. The van der Waals surface area contributed by atoms with Crippen molar-refractivity contribution < 1.29 is 18.0 Å². The van der Waals surface area contributed by atoms with Crippen LogP contribution in [0.2, 0.25) is 0 Å². The fourth-order valence-electron chi connectivity index (χ4n) is 2.64. The van der Waals surface area contributed by atoms with Crippen molar-refractivity contribution in [2.75, 3.05) is 19.6 Å². The molecule has 2 rings (SSSR count). The second-order valence-electron chi connectivity index (χ2n) is 5.62. The number of rotatable bonds is 5. The van der Waals surface area contributed by atoms with Gasteiger partial charge in [-0.2, -0.15) is 13.2 Å². The molecule has 1 aliphatic heterocycles. The molecule has 6 heteroatoms. The van der Waals surface area contributed by atoms with Crippen LogP contribution in [0.3, 0.4) is 0 Å². The fraction of sp³-hybridized carbons (Fsp3) is 0.923. The lowest BCUT2D eigenvalue weighted by atomic mass is 9.94. The molecule has 110 valence electrons. The molecule has 2 fully saturated rings. The first kappa shape index (κ1) is 14.6. The summed E-state index contributed by atoms with van der Waals surface area (Å²) < 4.78 is 37.3. The minimum Gasteiger partial charge on any atom is -0.331 e. The van der Waals surface area contributed by atoms with Crippen LogP contribution >= 0.6 is 0 Å². The van der Waals surface area contributed by atoms with Gasteiger partial charge in [-0.1, -0.05) is 0 Å². The van der Waals surface area contributed by atoms with Crippen molar-refractivity contribution in [3.8, 4) is 0 Å². The first-order chi connectivity index (χ1) is 8.96. The third-order valence-corrected chi connectivity index (χ3v) is 3.82. The molecule has 0 bridgehead atoms. The first-order valence-corrected chi connectivity index (χ1v) is 7.02. The summed E-state index contributed by atoms with van der Waals surface area (Å²) in [6.45, 7) is 0.808. The number of amides is 1. The van der Waals surface area contributed by atoms with E-state index in [1.165, 1.54) is 0 Å². The molecule has 1 unspecified atom stereocenters. The van der Waals surface area contributed by atoms with Gasteiger partial charge >= 0.3 is 6.18 Å². The fourth-order valence-corrected chi connectivity index (χ4v) is 2.64. The number of piperidine rings is 1. The Morgan fingerprint density at radius 3 is 2.53 bits per heavy atom. The smallest absolute Gasteiger partial charge is 0.331 e. The second kappa shape index (κ2) is 6.11. The van der Waals surface area contributed by atoms with Crippen LogP contribution in [0.15, 0.2) is 0 Å². The number of nitrogens with one attached hydrogen (secondary N) is 1. The van der Waals surface area contributed by atoms with Crippen LogP contribution in [0.25, 0.3) is 0 Å². The third-order valence-electron chi connectivity index (χ3n) is 3.82. The molecular weight excluding hydrogens is 257 g/mol. The quantitative estimate of drug-likeness (QED) is 0.837. The van der Waals surface area contributed by atoms with Crippen LogP contribution < -0.4 is 5.32 Å². The van der Waals surface area contributed by atoms with Gasteiger partial charge < -0.3 is 10.2 Å². The molecule has 2 aliphatic rings. The van der Waals surface area contributed by atoms with Crippen LogP contribution in [-0.2, 0) is 4.79 Å². The first-order valence-electron chi connectivity index (χ1n) is 7.02. The number of hydrogen-bond acceptors (Lipinski definition) is 2. The van der Waals surface area contributed by atoms with E-state index in [1.807, 2.05) is 0 Å². The number of nitrogens with zero attached hydrogens (tertiary/aromatic N) is 1. The number of hydrogen-bond donors (Lipinski definition) is 1. The predicted molar refractivity (Wildman–Crippen MR) is 65.6 cm³/mol. The second-order valence-corrected chi connectivity index (χ2v) is 5.62. The molecule has 3 nitrogen and oxygen atoms in total. The van der Waals surface area contributed by atoms with E-state index in [0.717, 1.165) is 30.8 Å². The zero-order valence-corrected chi connectivity index (χ0v) is 11.0. The highest BCUT2D eigenvalue weighted by atomic mass is 19.4. The zero-order chi connectivity index (χ0) is 13.9. The molecule has 0 aromatic rings. The van der Waals surface area contributed by atoms with Gasteiger partial charge in [-0.05, 0) is 51.1 Å². The van der Waals surface area contributed by atoms with Crippen molar-refractivity contribution in [2.45, 2.75) is 50.7 Å². The van der Waals surface area contributed by atoms with Gasteiger partial charge in [-0.15, -0.1) is 0 Å². The minimum atomic E-state index is -4.29. The summed E-state index contributed by atoms with van der Waals surface area (Å²) in [5, 5.41) is 3.26. The molecule has 1 aliphatic carbocycles. The Balaban J connectivity index is 1.78. The molecule has 1 saturated carbocycles. The Bertz CT molecular complexity index is 310. The van der Waals surface area contributed by atoms with E-state index >= 15 is 0 Å². The molecule has 1 N–H and O–H groups in total. The molecule has 0 aromatic carbocycles. The molecule has 0 aromatic heterocycles. The lowest BCUT2D eigenvalue weighted by Crippen LogP contribution is -2.41. The lowest BCUT2D eigenvalue weighted by Gasteiger charge is -2.26. The van der Waals surface area contributed by atoms with Gasteiger partial charge in [0, 0.05) is 12.5 Å². The van der Waals surface area contributed by atoms with E-state index in [1.54, 1.807) is 0 Å². The van der Waals surface area contributed by atoms with Gasteiger partial charge in [0.15, 0.2) is 0 Å². The van der Waals surface area contributed by atoms with Crippen LogP contribution in [0, 0.1) is 5.92 Å². The average Bonchev–Trinajstić information content (AvgIpc) is 3.17. The maximum Gasteiger partial charge on any atom is 0.406 e. The van der Waals surface area contributed by atoms with E-state index in [2.05, 4.69) is 5.32 Å². The highest BCUT2D eigenvalue weighted by Crippen LogP contribution is 2.31. The van der Waals surface area contributed by atoms with Crippen LogP contribution in [-0.4, -0.2) is 42.7 Å². The van der Waals surface area contributed by atoms with E-state index in [-0.39, 0.29) is 18.4 Å². The summed E-state index contributed by atoms with van der Waals surface area (Å²) >= 11 is 0. The molecule has 1 saturated heterocycles. The van der Waals surface area contributed by atoms with E-state index in [9.17, 15) is 18.0 Å². The largest absolute Gasteiger partial charge is 0.406 e. The molecule has 0 radical (unpaired) electrons. The van der Waals surface area contributed by atoms with E-state index in [0.29, 0.717) is 25.2 Å². The molecule has 1 atom stereocenters. The Hall–Kier alpha value is -0.780. The predicted octanol–water partition coefficient (Wildman–Crippen LogP) is 2.32. The van der Waals surface area contributed by atoms with Crippen molar-refractivity contribution in [1.29, 1.82) is 0 Å². The van der Waals surface area contributed by atoms with Crippen molar-refractivity contribution in [1.82, 2.24) is 10.2 Å². The summed E-state index contributed by atoms with van der Waals surface area (Å²) in [6, 6.07) is -0.168. The van der Waals surface area contributed by atoms with E-state index in [4.69, 9.17) is 0 Å². The maximum absolute atomic E-state index is 12.4. The van der Waals surface area contributed by atoms with Crippen molar-refractivity contribution in [3.05, 3.63) is 0 Å². The SMILES string of the molecule is O=C(CCC1CCCNC1)N(CC(F)(F)F)C1CC1. The highest BCUT2D eigenvalue weighted by Gasteiger charge is 2.40. The van der Waals surface area contributed by atoms with Crippen molar-refractivity contribution in [2.24, 2.45) is 5.92 Å². The molecule has 0 spiro atoms. The molecule has 1 heterocycles. The Morgan fingerprint density at radius 2 is 2.00 bits per heavy atom. The summed E-state index contributed by atoms with van der Waals surface area (Å²) in [5.41, 5.74) is 0. The Morgan fingerprint density at radius 1 is 1.26 bits per heavy atom. The van der Waals surface area contributed by atoms with Crippen LogP contribution in [0.4, 0.5) is 13.2 Å². The standard InChI is InChI=1S/C13H21F3N2O/c14-13(15,16)9-18(11-4-5-11)12(19)6-3-10-2-1-7-17-8-10/h10-11,17H,1-9H2. The summed E-state index contributed by atoms with van der Waals surface area (Å²) in [6.07, 6.45) is 0.257. The van der Waals surface area contributed by atoms with E-state index < -0.39 is 12.7 Å². The highest BCUT2D eigenvalue weighted by molar-refractivity contribution is 5.77. The van der Waals surface area contributed by atoms with Crippen molar-refractivity contribution in [3.63, 3.8) is 0 Å². The number of alkyl halides is 3. The van der Waals surface area contributed by atoms with Gasteiger partial charge in [-0.3, -0.25) is 4.79 Å². The van der Waals surface area contributed by atoms with Gasteiger partial charge in [-0.25, -0.2) is 0 Å². The topological polar surface area (TPSA) is 32.3 Å². The normalized spacial score (nSPS) is 24.3. The van der Waals surface area contributed by atoms with Crippen molar-refractivity contribution >= 4 is 5.91 Å². The van der Waals surface area contributed by atoms with Crippen LogP contribution in [0.5, 0.6) is 0 Å². The van der Waals surface area contributed by atoms with Crippen LogP contribution in [0.1, 0.15) is 38.5 Å². The van der Waals surface area contributed by atoms with Gasteiger partial charge in [0.2, 0.25) is 5.91 Å². The van der Waals surface area contributed by atoms with Gasteiger partial charge in [0.1, 0.15) is 6.54 Å². The Kier molecular flexibility index (Phi) is 4.71. The zero-order valence-electron chi connectivity index (χ0n) is 11.0. The third kappa shape index (κ3) is 5.01. The number of carbonyl (C=O) groups excluding carboxylic acids is 1. The van der Waals surface area contributed by atoms with Gasteiger partial charge in [0.25, 0.3) is 0 Å². The monoisotopic (exact) mass is 278 g/mol. The summed E-state index contributed by atoms with van der Waals surface area (Å²) in [7, 11) is 0. The molecular formula is C13H21F3N2O. The molecule has 19 heavy (non-hydrogen) atoms. The Labute approximate surface area is 111 Å². The summed E-state index contributed by atoms with van der Waals surface area (Å²) in [4.78, 5) is 13.0. The summed E-state index contributed by atoms with van der Waals surface area (Å²) in [5.74, 6) is 0.107. The minimum absolute atomic E-state index is 0.168. The van der Waals surface area contributed by atoms with Gasteiger partial charge in [0.05, 0.1) is 0 Å². The average molecular weight is 278 g/mol. The lowest BCUT2D eigenvalue weighted by molar-refractivity contribution is -0.162. The number of halogens is 3. The molecule has 1 amide bonds.